The molecular weight excluding hydrogens is 140 g/mol. The van der Waals surface area contributed by atoms with E-state index in [0.29, 0.717) is 12.0 Å². The molecule has 58 valence electrons. The van der Waals surface area contributed by atoms with E-state index in [4.69, 9.17) is 0 Å². The average Bonchev–Trinajstić information content (AvgIpc) is 2.04. The van der Waals surface area contributed by atoms with E-state index in [1.807, 2.05) is 13.8 Å². The molecule has 0 fully saturated rings. The number of ketones is 1. The fourth-order valence-electron chi connectivity index (χ4n) is 0.855. The summed E-state index contributed by atoms with van der Waals surface area (Å²) in [7, 11) is 0. The van der Waals surface area contributed by atoms with E-state index >= 15 is 0 Å². The second-order valence-electron chi connectivity index (χ2n) is 2.30. The summed E-state index contributed by atoms with van der Waals surface area (Å²) in [6.45, 7) is 3.64. The van der Waals surface area contributed by atoms with E-state index in [1.165, 1.54) is 6.33 Å². The zero-order valence-electron chi connectivity index (χ0n) is 6.66. The Labute approximate surface area is 65.5 Å². The zero-order valence-corrected chi connectivity index (χ0v) is 6.66. The molecule has 1 aromatic rings. The minimum atomic E-state index is 0.100. The number of carbonyl (C=O) groups excluding carboxylic acids is 1. The molecule has 0 radical (unpaired) electrons. The summed E-state index contributed by atoms with van der Waals surface area (Å²) in [4.78, 5) is 18.9. The van der Waals surface area contributed by atoms with Crippen LogP contribution in [0, 0.1) is 6.92 Å². The molecule has 0 aliphatic heterocycles. The van der Waals surface area contributed by atoms with Gasteiger partial charge in [0.25, 0.3) is 0 Å². The van der Waals surface area contributed by atoms with Gasteiger partial charge in [-0.25, -0.2) is 9.97 Å². The first-order valence-corrected chi connectivity index (χ1v) is 3.55. The molecule has 0 aromatic carbocycles. The molecule has 0 amide bonds. The van der Waals surface area contributed by atoms with Gasteiger partial charge in [0.1, 0.15) is 6.33 Å². The Morgan fingerprint density at radius 2 is 2.36 bits per heavy atom. The molecule has 0 saturated carbocycles. The summed E-state index contributed by atoms with van der Waals surface area (Å²) < 4.78 is 0. The highest BCUT2D eigenvalue weighted by Crippen LogP contribution is 2.04. The Hall–Kier alpha value is -1.25. The Kier molecular flexibility index (Phi) is 2.31. The molecule has 11 heavy (non-hydrogen) atoms. The summed E-state index contributed by atoms with van der Waals surface area (Å²) in [5.41, 5.74) is 1.39. The van der Waals surface area contributed by atoms with Crippen molar-refractivity contribution in [3.05, 3.63) is 23.8 Å². The van der Waals surface area contributed by atoms with Gasteiger partial charge in [-0.3, -0.25) is 4.79 Å². The fraction of sp³-hybridized carbons (Fsp3) is 0.375. The van der Waals surface area contributed by atoms with Crippen LogP contribution in [0.1, 0.15) is 29.4 Å². The molecule has 0 saturated heterocycles. The molecule has 0 unspecified atom stereocenters. The number of hydrogen-bond donors (Lipinski definition) is 0. The van der Waals surface area contributed by atoms with Crippen LogP contribution >= 0.6 is 0 Å². The Morgan fingerprint density at radius 1 is 1.64 bits per heavy atom. The third kappa shape index (κ3) is 1.61. The van der Waals surface area contributed by atoms with Crippen molar-refractivity contribution in [3.63, 3.8) is 0 Å². The van der Waals surface area contributed by atoms with Gasteiger partial charge in [-0.1, -0.05) is 6.92 Å². The van der Waals surface area contributed by atoms with E-state index in [1.54, 1.807) is 6.20 Å². The summed E-state index contributed by atoms with van der Waals surface area (Å²) >= 11 is 0. The summed E-state index contributed by atoms with van der Waals surface area (Å²) in [5, 5.41) is 0. The molecule has 1 heterocycles. The van der Waals surface area contributed by atoms with Crippen LogP contribution in [0.2, 0.25) is 0 Å². The van der Waals surface area contributed by atoms with Crippen molar-refractivity contribution >= 4 is 5.78 Å². The third-order valence-corrected chi connectivity index (χ3v) is 1.53. The van der Waals surface area contributed by atoms with Crippen molar-refractivity contribution in [1.82, 2.24) is 9.97 Å². The molecule has 0 N–H and O–H groups in total. The minimum absolute atomic E-state index is 0.100. The number of aryl methyl sites for hydroxylation is 1. The number of carbonyl (C=O) groups is 1. The molecule has 1 rings (SSSR count). The van der Waals surface area contributed by atoms with Gasteiger partial charge in [0.05, 0.1) is 11.3 Å². The van der Waals surface area contributed by atoms with E-state index in [0.717, 1.165) is 5.69 Å². The van der Waals surface area contributed by atoms with Gasteiger partial charge in [0, 0.05) is 12.6 Å². The van der Waals surface area contributed by atoms with E-state index in [2.05, 4.69) is 9.97 Å². The van der Waals surface area contributed by atoms with Crippen LogP contribution in [0.5, 0.6) is 0 Å². The number of aromatic nitrogens is 2. The van der Waals surface area contributed by atoms with E-state index in [-0.39, 0.29) is 5.78 Å². The van der Waals surface area contributed by atoms with Gasteiger partial charge >= 0.3 is 0 Å². The van der Waals surface area contributed by atoms with Crippen molar-refractivity contribution in [1.29, 1.82) is 0 Å². The topological polar surface area (TPSA) is 42.9 Å². The van der Waals surface area contributed by atoms with E-state index in [9.17, 15) is 4.79 Å². The van der Waals surface area contributed by atoms with Gasteiger partial charge in [0.15, 0.2) is 5.78 Å². The van der Waals surface area contributed by atoms with Crippen LogP contribution in [0.25, 0.3) is 0 Å². The van der Waals surface area contributed by atoms with E-state index < -0.39 is 0 Å². The highest BCUT2D eigenvalue weighted by atomic mass is 16.1. The number of nitrogens with zero attached hydrogens (tertiary/aromatic N) is 2. The quantitative estimate of drug-likeness (QED) is 0.598. The molecule has 3 nitrogen and oxygen atoms in total. The first-order valence-electron chi connectivity index (χ1n) is 3.55. The third-order valence-electron chi connectivity index (χ3n) is 1.53. The molecule has 0 spiro atoms. The van der Waals surface area contributed by atoms with Gasteiger partial charge < -0.3 is 0 Å². The van der Waals surface area contributed by atoms with Gasteiger partial charge in [-0.2, -0.15) is 0 Å². The Bertz CT molecular complexity index is 271. The average molecular weight is 150 g/mol. The minimum Gasteiger partial charge on any atom is -0.294 e. The number of Topliss-reactive ketones (excluding diaryl/α,β-unsaturated/α-hetero) is 1. The maximum absolute atomic E-state index is 11.2. The van der Waals surface area contributed by atoms with Crippen LogP contribution in [0.3, 0.4) is 0 Å². The fourth-order valence-corrected chi connectivity index (χ4v) is 0.855. The molecule has 0 aliphatic rings. The molecule has 3 heteroatoms. The van der Waals surface area contributed by atoms with Gasteiger partial charge in [-0.05, 0) is 6.92 Å². The predicted octanol–water partition coefficient (Wildman–Crippen LogP) is 1.38. The lowest BCUT2D eigenvalue weighted by Gasteiger charge is -1.98. The maximum atomic E-state index is 11.2. The lowest BCUT2D eigenvalue weighted by atomic mass is 10.1. The van der Waals surface area contributed by atoms with Crippen molar-refractivity contribution in [3.8, 4) is 0 Å². The molecular formula is C8H10N2O. The Balaban J connectivity index is 3.03. The molecule has 1 aromatic heterocycles. The number of hydrogen-bond acceptors (Lipinski definition) is 3. The monoisotopic (exact) mass is 150 g/mol. The van der Waals surface area contributed by atoms with Gasteiger partial charge in [-0.15, -0.1) is 0 Å². The van der Waals surface area contributed by atoms with Crippen LogP contribution in [0.15, 0.2) is 12.5 Å². The highest BCUT2D eigenvalue weighted by Gasteiger charge is 2.05. The summed E-state index contributed by atoms with van der Waals surface area (Å²) in [6.07, 6.45) is 3.52. The molecule has 0 aliphatic carbocycles. The van der Waals surface area contributed by atoms with Crippen molar-refractivity contribution in [2.45, 2.75) is 20.3 Å². The van der Waals surface area contributed by atoms with Crippen molar-refractivity contribution in [2.24, 2.45) is 0 Å². The maximum Gasteiger partial charge on any atom is 0.165 e. The van der Waals surface area contributed by atoms with Crippen LogP contribution in [-0.2, 0) is 0 Å². The lowest BCUT2D eigenvalue weighted by Crippen LogP contribution is -2.01. The standard InChI is InChI=1S/C8H10N2O/c1-3-8(11)7-4-9-5-10-6(7)2/h4-5H,3H2,1-2H3. The summed E-state index contributed by atoms with van der Waals surface area (Å²) in [5.74, 6) is 0.100. The zero-order chi connectivity index (χ0) is 8.27. The highest BCUT2D eigenvalue weighted by molar-refractivity contribution is 5.96. The second kappa shape index (κ2) is 3.23. The SMILES string of the molecule is CCC(=O)c1cncnc1C. The predicted molar refractivity (Wildman–Crippen MR) is 41.4 cm³/mol. The first-order chi connectivity index (χ1) is 5.25. The largest absolute Gasteiger partial charge is 0.294 e. The van der Waals surface area contributed by atoms with Crippen LogP contribution < -0.4 is 0 Å². The smallest absolute Gasteiger partial charge is 0.165 e. The van der Waals surface area contributed by atoms with Crippen LogP contribution in [0.4, 0.5) is 0 Å². The normalized spacial score (nSPS) is 9.64. The summed E-state index contributed by atoms with van der Waals surface area (Å²) in [6, 6.07) is 0. The second-order valence-corrected chi connectivity index (χ2v) is 2.30. The first kappa shape index (κ1) is 7.85. The lowest BCUT2D eigenvalue weighted by molar-refractivity contribution is 0.0987. The van der Waals surface area contributed by atoms with Crippen molar-refractivity contribution in [2.75, 3.05) is 0 Å². The Morgan fingerprint density at radius 3 is 2.91 bits per heavy atom. The molecule has 0 bridgehead atoms. The van der Waals surface area contributed by atoms with Gasteiger partial charge in [0.2, 0.25) is 0 Å². The molecule has 0 atom stereocenters. The van der Waals surface area contributed by atoms with Crippen LogP contribution in [-0.4, -0.2) is 15.8 Å². The van der Waals surface area contributed by atoms with Crippen molar-refractivity contribution < 1.29 is 4.79 Å². The number of rotatable bonds is 2.